The van der Waals surface area contributed by atoms with Gasteiger partial charge < -0.3 is 11.1 Å². The summed E-state index contributed by atoms with van der Waals surface area (Å²) >= 11 is 0. The van der Waals surface area contributed by atoms with Crippen molar-refractivity contribution >= 4 is 0 Å². The minimum atomic E-state index is 0.449. The third-order valence-corrected chi connectivity index (χ3v) is 1.43. The predicted octanol–water partition coefficient (Wildman–Crippen LogP) is 0.889. The van der Waals surface area contributed by atoms with Crippen LogP contribution in [0.25, 0.3) is 0 Å². The zero-order valence-corrected chi connectivity index (χ0v) is 6.77. The first kappa shape index (κ1) is 9.66. The summed E-state index contributed by atoms with van der Waals surface area (Å²) < 4.78 is 0. The van der Waals surface area contributed by atoms with Crippen LogP contribution in [-0.4, -0.2) is 19.1 Å². The third kappa shape index (κ3) is 5.79. The number of nitrogens with two attached hydrogens (primary N) is 1. The highest BCUT2D eigenvalue weighted by atomic mass is 14.9. The molecule has 0 aromatic carbocycles. The molecule has 60 valence electrons. The number of nitrogens with one attached hydrogen (secondary N) is 1. The van der Waals surface area contributed by atoms with Gasteiger partial charge in [0, 0.05) is 12.6 Å². The van der Waals surface area contributed by atoms with Gasteiger partial charge in [-0.25, -0.2) is 0 Å². The molecule has 0 aliphatic carbocycles. The Kier molecular flexibility index (Phi) is 6.55. The number of unbranched alkanes of at least 4 members (excludes halogenated alkanes) is 1. The van der Waals surface area contributed by atoms with Gasteiger partial charge in [-0.15, -0.1) is 6.58 Å². The van der Waals surface area contributed by atoms with Crippen molar-refractivity contribution in [3.8, 4) is 0 Å². The van der Waals surface area contributed by atoms with E-state index in [2.05, 4.69) is 18.8 Å². The fraction of sp³-hybridized carbons (Fsp3) is 0.750. The van der Waals surface area contributed by atoms with E-state index in [-0.39, 0.29) is 0 Å². The molecule has 0 amide bonds. The summed E-state index contributed by atoms with van der Waals surface area (Å²) in [6, 6.07) is 0.449. The van der Waals surface area contributed by atoms with E-state index in [0.717, 1.165) is 19.4 Å². The minimum Gasteiger partial charge on any atom is -0.329 e. The Morgan fingerprint density at radius 2 is 2.40 bits per heavy atom. The molecule has 0 saturated heterocycles. The lowest BCUT2D eigenvalue weighted by molar-refractivity contribution is 0.546. The van der Waals surface area contributed by atoms with E-state index >= 15 is 0 Å². The van der Waals surface area contributed by atoms with Crippen molar-refractivity contribution in [1.82, 2.24) is 5.32 Å². The molecule has 0 aliphatic heterocycles. The number of rotatable bonds is 6. The first-order valence-electron chi connectivity index (χ1n) is 3.85. The number of hydrogen-bond donors (Lipinski definition) is 2. The summed E-state index contributed by atoms with van der Waals surface area (Å²) in [5, 5.41) is 3.29. The van der Waals surface area contributed by atoms with Crippen LogP contribution < -0.4 is 11.1 Å². The van der Waals surface area contributed by atoms with E-state index in [1.807, 2.05) is 6.08 Å². The van der Waals surface area contributed by atoms with Crippen LogP contribution in [0.1, 0.15) is 19.8 Å². The van der Waals surface area contributed by atoms with Gasteiger partial charge in [-0.1, -0.05) is 6.08 Å². The van der Waals surface area contributed by atoms with Crippen LogP contribution in [0.15, 0.2) is 12.7 Å². The van der Waals surface area contributed by atoms with Crippen molar-refractivity contribution in [3.05, 3.63) is 12.7 Å². The highest BCUT2D eigenvalue weighted by Crippen LogP contribution is 1.87. The maximum absolute atomic E-state index is 5.40. The number of hydrogen-bond acceptors (Lipinski definition) is 2. The number of allylic oxidation sites excluding steroid dienone is 1. The fourth-order valence-electron chi connectivity index (χ4n) is 0.678. The molecule has 0 bridgehead atoms. The molecule has 10 heavy (non-hydrogen) atoms. The van der Waals surface area contributed by atoms with Crippen LogP contribution in [0.2, 0.25) is 0 Å². The molecular formula is C8H18N2. The van der Waals surface area contributed by atoms with E-state index in [9.17, 15) is 0 Å². The molecule has 0 heterocycles. The van der Waals surface area contributed by atoms with E-state index in [0.29, 0.717) is 12.6 Å². The first-order valence-corrected chi connectivity index (χ1v) is 3.85. The average molecular weight is 142 g/mol. The molecule has 0 radical (unpaired) electrons. The van der Waals surface area contributed by atoms with Gasteiger partial charge in [0.2, 0.25) is 0 Å². The molecule has 0 rings (SSSR count). The summed E-state index contributed by atoms with van der Waals surface area (Å²) in [4.78, 5) is 0. The van der Waals surface area contributed by atoms with Crippen molar-refractivity contribution in [2.75, 3.05) is 13.1 Å². The van der Waals surface area contributed by atoms with Gasteiger partial charge in [0.1, 0.15) is 0 Å². The largest absolute Gasteiger partial charge is 0.329 e. The predicted molar refractivity (Wildman–Crippen MR) is 46.0 cm³/mol. The molecule has 0 unspecified atom stereocenters. The van der Waals surface area contributed by atoms with Gasteiger partial charge in [-0.05, 0) is 26.3 Å². The Morgan fingerprint density at radius 3 is 2.90 bits per heavy atom. The molecule has 0 spiro atoms. The summed E-state index contributed by atoms with van der Waals surface area (Å²) in [6.45, 7) is 7.50. The fourth-order valence-corrected chi connectivity index (χ4v) is 0.678. The smallest absolute Gasteiger partial charge is 0.0161 e. The summed E-state index contributed by atoms with van der Waals surface area (Å²) in [5.74, 6) is 0. The molecule has 0 aromatic rings. The standard InChI is InChI=1S/C8H18N2/c1-3-4-5-6-10-8(2)7-9/h3,8,10H,1,4-7,9H2,2H3/t8-/m1/s1. The second kappa shape index (κ2) is 6.78. The maximum Gasteiger partial charge on any atom is 0.0161 e. The van der Waals surface area contributed by atoms with E-state index < -0.39 is 0 Å². The second-order valence-electron chi connectivity index (χ2n) is 2.52. The van der Waals surface area contributed by atoms with Gasteiger partial charge in [-0.3, -0.25) is 0 Å². The maximum atomic E-state index is 5.40. The van der Waals surface area contributed by atoms with Crippen LogP contribution >= 0.6 is 0 Å². The Bertz CT molecular complexity index is 81.3. The highest BCUT2D eigenvalue weighted by Gasteiger charge is 1.94. The lowest BCUT2D eigenvalue weighted by Crippen LogP contribution is -2.33. The van der Waals surface area contributed by atoms with Crippen molar-refractivity contribution in [1.29, 1.82) is 0 Å². The summed E-state index contributed by atoms with van der Waals surface area (Å²) in [7, 11) is 0. The quantitative estimate of drug-likeness (QED) is 0.427. The summed E-state index contributed by atoms with van der Waals surface area (Å²) in [6.07, 6.45) is 4.19. The lowest BCUT2D eigenvalue weighted by atomic mass is 10.3. The van der Waals surface area contributed by atoms with Crippen molar-refractivity contribution < 1.29 is 0 Å². The van der Waals surface area contributed by atoms with Gasteiger partial charge in [0.05, 0.1) is 0 Å². The van der Waals surface area contributed by atoms with Gasteiger partial charge in [0.15, 0.2) is 0 Å². The SMILES string of the molecule is C=CCCCN[C@H](C)CN. The van der Waals surface area contributed by atoms with Gasteiger partial charge in [0.25, 0.3) is 0 Å². The van der Waals surface area contributed by atoms with E-state index in [1.165, 1.54) is 0 Å². The molecule has 0 saturated carbocycles. The van der Waals surface area contributed by atoms with Crippen LogP contribution in [0, 0.1) is 0 Å². The Hall–Kier alpha value is -0.340. The first-order chi connectivity index (χ1) is 4.81. The molecule has 2 heteroatoms. The Labute approximate surface area is 63.5 Å². The van der Waals surface area contributed by atoms with Crippen LogP contribution in [-0.2, 0) is 0 Å². The van der Waals surface area contributed by atoms with Crippen molar-refractivity contribution in [3.63, 3.8) is 0 Å². The van der Waals surface area contributed by atoms with Crippen molar-refractivity contribution in [2.45, 2.75) is 25.8 Å². The van der Waals surface area contributed by atoms with Crippen LogP contribution in [0.5, 0.6) is 0 Å². The lowest BCUT2D eigenvalue weighted by Gasteiger charge is -2.09. The minimum absolute atomic E-state index is 0.449. The molecule has 1 atom stereocenters. The summed E-state index contributed by atoms with van der Waals surface area (Å²) in [5.41, 5.74) is 5.40. The molecule has 0 aromatic heterocycles. The highest BCUT2D eigenvalue weighted by molar-refractivity contribution is 4.67. The molecular weight excluding hydrogens is 124 g/mol. The van der Waals surface area contributed by atoms with Crippen LogP contribution in [0.3, 0.4) is 0 Å². The third-order valence-electron chi connectivity index (χ3n) is 1.43. The van der Waals surface area contributed by atoms with Crippen LogP contribution in [0.4, 0.5) is 0 Å². The van der Waals surface area contributed by atoms with E-state index in [4.69, 9.17) is 5.73 Å². The Balaban J connectivity index is 2.95. The second-order valence-corrected chi connectivity index (χ2v) is 2.52. The normalized spacial score (nSPS) is 13.0. The van der Waals surface area contributed by atoms with Crippen molar-refractivity contribution in [2.24, 2.45) is 5.73 Å². The molecule has 0 aliphatic rings. The molecule has 0 fully saturated rings. The van der Waals surface area contributed by atoms with Gasteiger partial charge in [-0.2, -0.15) is 0 Å². The zero-order valence-electron chi connectivity index (χ0n) is 6.77. The van der Waals surface area contributed by atoms with Gasteiger partial charge >= 0.3 is 0 Å². The average Bonchev–Trinajstić information content (AvgIpc) is 1.98. The monoisotopic (exact) mass is 142 g/mol. The molecule has 2 nitrogen and oxygen atoms in total. The topological polar surface area (TPSA) is 38.0 Å². The molecule has 3 N–H and O–H groups in total. The zero-order chi connectivity index (χ0) is 7.82. The Morgan fingerprint density at radius 1 is 1.70 bits per heavy atom. The van der Waals surface area contributed by atoms with E-state index in [1.54, 1.807) is 0 Å².